The summed E-state index contributed by atoms with van der Waals surface area (Å²) < 4.78 is 8.54. The van der Waals surface area contributed by atoms with Crippen molar-refractivity contribution in [2.45, 2.75) is 82.2 Å². The van der Waals surface area contributed by atoms with E-state index in [-0.39, 0.29) is 5.60 Å². The zero-order valence-corrected chi connectivity index (χ0v) is 12.2. The highest BCUT2D eigenvalue weighted by Crippen LogP contribution is 2.43. The molecule has 1 N–H and O–H groups in total. The molecular formula is C16H25N3O. The topological polar surface area (TPSA) is 39.1 Å². The summed E-state index contributed by atoms with van der Waals surface area (Å²) in [7, 11) is 0. The first-order chi connectivity index (χ1) is 9.83. The summed E-state index contributed by atoms with van der Waals surface area (Å²) in [6, 6.07) is 2.89. The van der Waals surface area contributed by atoms with Crippen molar-refractivity contribution in [2.24, 2.45) is 0 Å². The third kappa shape index (κ3) is 2.63. The van der Waals surface area contributed by atoms with E-state index in [1.165, 1.54) is 57.1 Å². The van der Waals surface area contributed by atoms with Crippen molar-refractivity contribution in [3.05, 3.63) is 18.0 Å². The van der Waals surface area contributed by atoms with Crippen molar-refractivity contribution < 1.29 is 4.74 Å². The SMILES string of the molecule is c1cc(CNC2CC2)n(CC2CCC3(CCCC3)O2)n1. The van der Waals surface area contributed by atoms with Gasteiger partial charge in [0, 0.05) is 18.8 Å². The molecule has 1 spiro atoms. The Balaban J connectivity index is 1.35. The van der Waals surface area contributed by atoms with Crippen molar-refractivity contribution in [2.75, 3.05) is 0 Å². The molecule has 1 unspecified atom stereocenters. The van der Waals surface area contributed by atoms with Crippen molar-refractivity contribution >= 4 is 0 Å². The Morgan fingerprint density at radius 3 is 2.90 bits per heavy atom. The number of hydrogen-bond donors (Lipinski definition) is 1. The van der Waals surface area contributed by atoms with E-state index in [9.17, 15) is 0 Å². The van der Waals surface area contributed by atoms with Crippen molar-refractivity contribution in [1.29, 1.82) is 0 Å². The Morgan fingerprint density at radius 2 is 2.10 bits per heavy atom. The molecule has 1 atom stereocenters. The Bertz CT molecular complexity index is 460. The second kappa shape index (κ2) is 5.15. The van der Waals surface area contributed by atoms with Gasteiger partial charge in [-0.1, -0.05) is 12.8 Å². The van der Waals surface area contributed by atoms with Crippen LogP contribution in [0, 0.1) is 0 Å². The highest BCUT2D eigenvalue weighted by Gasteiger charge is 2.42. The molecule has 2 aliphatic carbocycles. The van der Waals surface area contributed by atoms with Crippen LogP contribution in [0.25, 0.3) is 0 Å². The van der Waals surface area contributed by atoms with Crippen LogP contribution < -0.4 is 5.32 Å². The standard InChI is InChI=1S/C16H25N3O/c1-2-8-16(7-1)9-5-15(20-16)12-19-14(6-10-18-19)11-17-13-3-4-13/h6,10,13,15,17H,1-5,7-9,11-12H2. The van der Waals surface area contributed by atoms with Gasteiger partial charge < -0.3 is 10.1 Å². The quantitative estimate of drug-likeness (QED) is 0.898. The van der Waals surface area contributed by atoms with E-state index < -0.39 is 0 Å². The minimum Gasteiger partial charge on any atom is -0.370 e. The van der Waals surface area contributed by atoms with E-state index in [0.29, 0.717) is 6.10 Å². The third-order valence-electron chi connectivity index (χ3n) is 5.18. The van der Waals surface area contributed by atoms with E-state index >= 15 is 0 Å². The molecule has 20 heavy (non-hydrogen) atoms. The molecule has 1 aromatic rings. The second-order valence-corrected chi connectivity index (χ2v) is 6.83. The lowest BCUT2D eigenvalue weighted by molar-refractivity contribution is -0.0431. The van der Waals surface area contributed by atoms with E-state index in [1.807, 2.05) is 6.20 Å². The van der Waals surface area contributed by atoms with E-state index in [1.54, 1.807) is 0 Å². The molecule has 3 aliphatic rings. The highest BCUT2D eigenvalue weighted by molar-refractivity contribution is 5.02. The van der Waals surface area contributed by atoms with Crippen molar-refractivity contribution in [3.63, 3.8) is 0 Å². The van der Waals surface area contributed by atoms with Crippen LogP contribution in [0.3, 0.4) is 0 Å². The van der Waals surface area contributed by atoms with Crippen molar-refractivity contribution in [1.82, 2.24) is 15.1 Å². The Labute approximate surface area is 120 Å². The summed E-state index contributed by atoms with van der Waals surface area (Å²) >= 11 is 0. The molecule has 0 amide bonds. The van der Waals surface area contributed by atoms with E-state index in [2.05, 4.69) is 21.2 Å². The van der Waals surface area contributed by atoms with Crippen LogP contribution in [-0.4, -0.2) is 27.5 Å². The molecule has 2 saturated carbocycles. The van der Waals surface area contributed by atoms with Crippen molar-refractivity contribution in [3.8, 4) is 0 Å². The predicted octanol–water partition coefficient (Wildman–Crippen LogP) is 2.63. The summed E-state index contributed by atoms with van der Waals surface area (Å²) in [5.41, 5.74) is 1.54. The number of nitrogens with zero attached hydrogens (tertiary/aromatic N) is 2. The van der Waals surface area contributed by atoms with Crippen LogP contribution in [0.15, 0.2) is 12.3 Å². The Hall–Kier alpha value is -0.870. The van der Waals surface area contributed by atoms with Gasteiger partial charge in [0.25, 0.3) is 0 Å². The van der Waals surface area contributed by atoms with Gasteiger partial charge in [-0.05, 0) is 44.6 Å². The van der Waals surface area contributed by atoms with Gasteiger partial charge in [-0.15, -0.1) is 0 Å². The fourth-order valence-corrected chi connectivity index (χ4v) is 3.82. The maximum absolute atomic E-state index is 6.39. The van der Waals surface area contributed by atoms with Gasteiger partial charge >= 0.3 is 0 Å². The molecular weight excluding hydrogens is 250 g/mol. The van der Waals surface area contributed by atoms with Crippen LogP contribution in [0.2, 0.25) is 0 Å². The summed E-state index contributed by atoms with van der Waals surface area (Å²) in [6.45, 7) is 1.87. The average Bonchev–Trinajstić information content (AvgIpc) is 2.88. The number of aromatic nitrogens is 2. The van der Waals surface area contributed by atoms with Crippen LogP contribution >= 0.6 is 0 Å². The highest BCUT2D eigenvalue weighted by atomic mass is 16.5. The number of nitrogens with one attached hydrogen (secondary N) is 1. The van der Waals surface area contributed by atoms with Gasteiger partial charge in [0.2, 0.25) is 0 Å². The van der Waals surface area contributed by atoms with Crippen LogP contribution in [0.5, 0.6) is 0 Å². The number of rotatable bonds is 5. The largest absolute Gasteiger partial charge is 0.370 e. The molecule has 3 fully saturated rings. The lowest BCUT2D eigenvalue weighted by atomic mass is 9.98. The minimum atomic E-state index is 0.240. The normalized spacial score (nSPS) is 28.5. The van der Waals surface area contributed by atoms with E-state index in [0.717, 1.165) is 19.1 Å². The van der Waals surface area contributed by atoms with Crippen LogP contribution in [-0.2, 0) is 17.8 Å². The Kier molecular flexibility index (Phi) is 3.31. The average molecular weight is 275 g/mol. The minimum absolute atomic E-state index is 0.240. The molecule has 1 aliphatic heterocycles. The van der Waals surface area contributed by atoms with Gasteiger partial charge in [-0.25, -0.2) is 0 Å². The van der Waals surface area contributed by atoms with Gasteiger partial charge in [0.05, 0.1) is 23.9 Å². The fourth-order valence-electron chi connectivity index (χ4n) is 3.82. The van der Waals surface area contributed by atoms with Gasteiger partial charge in [-0.3, -0.25) is 4.68 Å². The third-order valence-corrected chi connectivity index (χ3v) is 5.18. The maximum atomic E-state index is 6.39. The first-order valence-corrected chi connectivity index (χ1v) is 8.25. The maximum Gasteiger partial charge on any atom is 0.0779 e. The summed E-state index contributed by atoms with van der Waals surface area (Å²) in [5, 5.41) is 8.06. The molecule has 2 heterocycles. The summed E-state index contributed by atoms with van der Waals surface area (Å²) in [5.74, 6) is 0. The predicted molar refractivity (Wildman–Crippen MR) is 77.4 cm³/mol. The summed E-state index contributed by atoms with van der Waals surface area (Å²) in [6.07, 6.45) is 12.7. The molecule has 4 rings (SSSR count). The zero-order valence-electron chi connectivity index (χ0n) is 12.2. The van der Waals surface area contributed by atoms with E-state index in [4.69, 9.17) is 4.74 Å². The zero-order chi connectivity index (χ0) is 13.4. The first kappa shape index (κ1) is 12.8. The first-order valence-electron chi connectivity index (χ1n) is 8.25. The number of hydrogen-bond acceptors (Lipinski definition) is 3. The molecule has 0 bridgehead atoms. The smallest absolute Gasteiger partial charge is 0.0779 e. The Morgan fingerprint density at radius 1 is 1.25 bits per heavy atom. The molecule has 110 valence electrons. The molecule has 0 aromatic carbocycles. The molecule has 1 saturated heterocycles. The fraction of sp³-hybridized carbons (Fsp3) is 0.812. The monoisotopic (exact) mass is 275 g/mol. The lowest BCUT2D eigenvalue weighted by Crippen LogP contribution is -2.28. The van der Waals surface area contributed by atoms with Gasteiger partial charge in [0.15, 0.2) is 0 Å². The second-order valence-electron chi connectivity index (χ2n) is 6.83. The van der Waals surface area contributed by atoms with Gasteiger partial charge in [-0.2, -0.15) is 5.10 Å². The number of ether oxygens (including phenoxy) is 1. The molecule has 4 nitrogen and oxygen atoms in total. The molecule has 0 radical (unpaired) electrons. The van der Waals surface area contributed by atoms with Gasteiger partial charge in [0.1, 0.15) is 0 Å². The van der Waals surface area contributed by atoms with Crippen LogP contribution in [0.1, 0.15) is 57.1 Å². The molecule has 1 aromatic heterocycles. The summed E-state index contributed by atoms with van der Waals surface area (Å²) in [4.78, 5) is 0. The van der Waals surface area contributed by atoms with Crippen LogP contribution in [0.4, 0.5) is 0 Å². The lowest BCUT2D eigenvalue weighted by Gasteiger charge is -2.24. The molecule has 4 heteroatoms.